The van der Waals surface area contributed by atoms with E-state index in [9.17, 15) is 29.7 Å². The SMILES string of the molecule is Cc1cc(Oc2ccc(C(=O)c3ccc(OC4CCCC4)cc3O)cc2CCC(=O)O)ccc1C(=O)O. The summed E-state index contributed by atoms with van der Waals surface area (Å²) in [6.07, 6.45) is 4.22. The van der Waals surface area contributed by atoms with Crippen molar-refractivity contribution in [1.29, 1.82) is 0 Å². The molecule has 8 nitrogen and oxygen atoms in total. The summed E-state index contributed by atoms with van der Waals surface area (Å²) in [6.45, 7) is 1.65. The number of phenolic OH excluding ortho intramolecular Hbond substituents is 1. The Balaban J connectivity index is 1.58. The van der Waals surface area contributed by atoms with Gasteiger partial charge in [-0.25, -0.2) is 4.79 Å². The molecule has 3 aromatic carbocycles. The van der Waals surface area contributed by atoms with Crippen LogP contribution in [0.25, 0.3) is 0 Å². The smallest absolute Gasteiger partial charge is 0.335 e. The molecule has 3 N–H and O–H groups in total. The number of aromatic hydroxyl groups is 1. The fourth-order valence-corrected chi connectivity index (χ4v) is 4.45. The van der Waals surface area contributed by atoms with Gasteiger partial charge in [-0.15, -0.1) is 0 Å². The number of rotatable bonds is 10. The lowest BCUT2D eigenvalue weighted by Crippen LogP contribution is -2.11. The van der Waals surface area contributed by atoms with Crippen LogP contribution in [0.2, 0.25) is 0 Å². The number of aryl methyl sites for hydroxylation is 2. The summed E-state index contributed by atoms with van der Waals surface area (Å²) < 4.78 is 11.8. The molecule has 1 aliphatic rings. The molecular formula is C29H28O8. The van der Waals surface area contributed by atoms with Crippen LogP contribution in [-0.4, -0.2) is 39.1 Å². The molecule has 37 heavy (non-hydrogen) atoms. The van der Waals surface area contributed by atoms with Crippen LogP contribution in [0.5, 0.6) is 23.0 Å². The predicted molar refractivity (Wildman–Crippen MR) is 135 cm³/mol. The average molecular weight is 505 g/mol. The van der Waals surface area contributed by atoms with E-state index in [1.54, 1.807) is 37.3 Å². The summed E-state index contributed by atoms with van der Waals surface area (Å²) in [7, 11) is 0. The number of carbonyl (C=O) groups excluding carboxylic acids is 1. The summed E-state index contributed by atoms with van der Waals surface area (Å²) in [4.78, 5) is 35.7. The van der Waals surface area contributed by atoms with Crippen molar-refractivity contribution in [2.75, 3.05) is 0 Å². The first-order chi connectivity index (χ1) is 17.7. The van der Waals surface area contributed by atoms with Gasteiger partial charge in [0.15, 0.2) is 5.78 Å². The molecule has 1 fully saturated rings. The summed E-state index contributed by atoms with van der Waals surface area (Å²) >= 11 is 0. The topological polar surface area (TPSA) is 130 Å². The highest BCUT2D eigenvalue weighted by Gasteiger charge is 2.20. The first kappa shape index (κ1) is 25.8. The largest absolute Gasteiger partial charge is 0.507 e. The van der Waals surface area contributed by atoms with E-state index in [-0.39, 0.29) is 41.4 Å². The number of carboxylic acid groups (broad SMARTS) is 2. The lowest BCUT2D eigenvalue weighted by atomic mass is 9.98. The number of phenols is 1. The van der Waals surface area contributed by atoms with Crippen LogP contribution < -0.4 is 9.47 Å². The van der Waals surface area contributed by atoms with Gasteiger partial charge < -0.3 is 24.8 Å². The van der Waals surface area contributed by atoms with Gasteiger partial charge in [-0.1, -0.05) is 0 Å². The Bertz CT molecular complexity index is 1340. The van der Waals surface area contributed by atoms with Crippen molar-refractivity contribution in [3.8, 4) is 23.0 Å². The Hall–Kier alpha value is -4.33. The number of carbonyl (C=O) groups is 3. The molecule has 0 aromatic heterocycles. The van der Waals surface area contributed by atoms with E-state index in [1.807, 2.05) is 0 Å². The van der Waals surface area contributed by atoms with Gasteiger partial charge >= 0.3 is 11.9 Å². The van der Waals surface area contributed by atoms with Crippen molar-refractivity contribution in [3.63, 3.8) is 0 Å². The maximum absolute atomic E-state index is 13.2. The van der Waals surface area contributed by atoms with Crippen LogP contribution in [-0.2, 0) is 11.2 Å². The molecular weight excluding hydrogens is 476 g/mol. The Morgan fingerprint density at radius 3 is 2.24 bits per heavy atom. The molecule has 0 bridgehead atoms. The minimum atomic E-state index is -1.05. The van der Waals surface area contributed by atoms with E-state index in [4.69, 9.17) is 9.47 Å². The standard InChI is InChI=1S/C29H28O8/c1-17-14-21(8-10-23(17)29(34)35)37-26-12-6-19(15-18(26)7-13-27(31)32)28(33)24-11-9-22(16-25(24)30)36-20-4-2-3-5-20/h6,8-12,14-16,20,30H,2-5,7,13H2,1H3,(H,31,32)(H,34,35). The van der Waals surface area contributed by atoms with E-state index < -0.39 is 17.7 Å². The number of benzene rings is 3. The molecule has 0 atom stereocenters. The van der Waals surface area contributed by atoms with Gasteiger partial charge in [-0.05, 0) is 98.7 Å². The Morgan fingerprint density at radius 2 is 1.59 bits per heavy atom. The highest BCUT2D eigenvalue weighted by Crippen LogP contribution is 2.32. The second-order valence-electron chi connectivity index (χ2n) is 9.13. The fraction of sp³-hybridized carbons (Fsp3) is 0.276. The minimum absolute atomic E-state index is 0.108. The number of hydrogen-bond donors (Lipinski definition) is 3. The maximum Gasteiger partial charge on any atom is 0.335 e. The van der Waals surface area contributed by atoms with Gasteiger partial charge in [0.05, 0.1) is 17.2 Å². The zero-order valence-electron chi connectivity index (χ0n) is 20.4. The Morgan fingerprint density at radius 1 is 0.892 bits per heavy atom. The summed E-state index contributed by atoms with van der Waals surface area (Å²) in [5, 5.41) is 29.0. The number of ketones is 1. The second-order valence-corrected chi connectivity index (χ2v) is 9.13. The molecule has 4 rings (SSSR count). The maximum atomic E-state index is 13.2. The molecule has 0 spiro atoms. The van der Waals surface area contributed by atoms with Gasteiger partial charge in [0, 0.05) is 18.1 Å². The van der Waals surface area contributed by atoms with Gasteiger partial charge in [-0.2, -0.15) is 0 Å². The summed E-state index contributed by atoms with van der Waals surface area (Å²) in [5.41, 5.74) is 1.54. The highest BCUT2D eigenvalue weighted by atomic mass is 16.5. The molecule has 1 saturated carbocycles. The molecule has 0 amide bonds. The molecule has 192 valence electrons. The van der Waals surface area contributed by atoms with Crippen molar-refractivity contribution >= 4 is 17.7 Å². The molecule has 0 unspecified atom stereocenters. The molecule has 3 aromatic rings. The number of ether oxygens (including phenoxy) is 2. The molecule has 0 aliphatic heterocycles. The van der Waals surface area contributed by atoms with Gasteiger partial charge in [0.2, 0.25) is 0 Å². The van der Waals surface area contributed by atoms with E-state index in [1.165, 1.54) is 24.3 Å². The van der Waals surface area contributed by atoms with Crippen LogP contribution in [0, 0.1) is 6.92 Å². The zero-order chi connectivity index (χ0) is 26.5. The molecule has 0 saturated heterocycles. The number of aromatic carboxylic acids is 1. The number of carboxylic acids is 2. The van der Waals surface area contributed by atoms with Gasteiger partial charge in [0.1, 0.15) is 23.0 Å². The number of aliphatic carboxylic acids is 1. The van der Waals surface area contributed by atoms with Crippen LogP contribution in [0.15, 0.2) is 54.6 Å². The lowest BCUT2D eigenvalue weighted by Gasteiger charge is -2.15. The first-order valence-electron chi connectivity index (χ1n) is 12.1. The second kappa shape index (κ2) is 11.2. The molecule has 0 heterocycles. The Kier molecular flexibility index (Phi) is 7.77. The predicted octanol–water partition coefficient (Wildman–Crippen LogP) is 5.76. The first-order valence-corrected chi connectivity index (χ1v) is 12.1. The van der Waals surface area contributed by atoms with E-state index in [2.05, 4.69) is 0 Å². The lowest BCUT2D eigenvalue weighted by molar-refractivity contribution is -0.136. The van der Waals surface area contributed by atoms with Crippen molar-refractivity contribution in [2.45, 2.75) is 51.6 Å². The third-order valence-corrected chi connectivity index (χ3v) is 6.41. The van der Waals surface area contributed by atoms with E-state index >= 15 is 0 Å². The third-order valence-electron chi connectivity index (χ3n) is 6.41. The van der Waals surface area contributed by atoms with E-state index in [0.717, 1.165) is 25.7 Å². The molecule has 0 radical (unpaired) electrons. The van der Waals surface area contributed by atoms with Crippen molar-refractivity contribution in [1.82, 2.24) is 0 Å². The number of hydrogen-bond acceptors (Lipinski definition) is 6. The van der Waals surface area contributed by atoms with Crippen molar-refractivity contribution < 1.29 is 39.2 Å². The minimum Gasteiger partial charge on any atom is -0.507 e. The van der Waals surface area contributed by atoms with E-state index in [0.29, 0.717) is 28.4 Å². The fourth-order valence-electron chi connectivity index (χ4n) is 4.45. The average Bonchev–Trinajstić information content (AvgIpc) is 3.36. The monoisotopic (exact) mass is 504 g/mol. The summed E-state index contributed by atoms with van der Waals surface area (Å²) in [6, 6.07) is 13.8. The third kappa shape index (κ3) is 6.27. The highest BCUT2D eigenvalue weighted by molar-refractivity contribution is 6.11. The molecule has 1 aliphatic carbocycles. The van der Waals surface area contributed by atoms with Crippen molar-refractivity contribution in [3.05, 3.63) is 82.4 Å². The van der Waals surface area contributed by atoms with Gasteiger partial charge in [-0.3, -0.25) is 9.59 Å². The zero-order valence-corrected chi connectivity index (χ0v) is 20.4. The summed E-state index contributed by atoms with van der Waals surface area (Å²) in [5.74, 6) is -1.42. The molecule has 8 heteroatoms. The van der Waals surface area contributed by atoms with Gasteiger partial charge in [0.25, 0.3) is 0 Å². The quantitative estimate of drug-likeness (QED) is 0.297. The normalized spacial score (nSPS) is 13.3. The van der Waals surface area contributed by atoms with Crippen molar-refractivity contribution in [2.24, 2.45) is 0 Å². The van der Waals surface area contributed by atoms with Crippen LogP contribution >= 0.6 is 0 Å². The Labute approximate surface area is 214 Å². The van der Waals surface area contributed by atoms with Crippen LogP contribution in [0.4, 0.5) is 0 Å². The van der Waals surface area contributed by atoms with Crippen LogP contribution in [0.1, 0.15) is 69.5 Å². The van der Waals surface area contributed by atoms with Crippen LogP contribution in [0.3, 0.4) is 0 Å².